The van der Waals surface area contributed by atoms with Crippen molar-refractivity contribution in [2.24, 2.45) is 5.10 Å². The van der Waals surface area contributed by atoms with Gasteiger partial charge in [-0.1, -0.05) is 18.2 Å². The van der Waals surface area contributed by atoms with Crippen LogP contribution in [0.5, 0.6) is 11.7 Å². The van der Waals surface area contributed by atoms with Crippen LogP contribution >= 0.6 is 0 Å². The molecule has 30 heavy (non-hydrogen) atoms. The van der Waals surface area contributed by atoms with E-state index >= 15 is 0 Å². The number of benzene rings is 2. The van der Waals surface area contributed by atoms with Crippen molar-refractivity contribution in [2.45, 2.75) is 6.92 Å². The molecule has 0 saturated heterocycles. The SMILES string of the molecule is CCOc1cnc(C(=O)N/N=C\c2ccc(OCC(=O)Nc3ccccc3)cc2)o1. The molecule has 0 unspecified atom stereocenters. The molecular weight excluding hydrogens is 388 g/mol. The third-order valence-electron chi connectivity index (χ3n) is 3.65. The first-order valence-electron chi connectivity index (χ1n) is 9.14. The standard InChI is InChI=1S/C21H20N4O5/c1-2-28-19-13-22-21(30-19)20(27)25-23-12-15-8-10-17(11-9-15)29-14-18(26)24-16-6-4-3-5-7-16/h3-13H,2,14H2,1H3,(H,24,26)(H,25,27)/b23-12-. The monoisotopic (exact) mass is 408 g/mol. The summed E-state index contributed by atoms with van der Waals surface area (Å²) in [6.07, 6.45) is 2.77. The Morgan fingerprint density at radius 1 is 1.10 bits per heavy atom. The van der Waals surface area contributed by atoms with Crippen LogP contribution in [0.4, 0.5) is 5.69 Å². The van der Waals surface area contributed by atoms with Crippen molar-refractivity contribution in [2.75, 3.05) is 18.5 Å². The van der Waals surface area contributed by atoms with Gasteiger partial charge in [-0.3, -0.25) is 9.59 Å². The van der Waals surface area contributed by atoms with E-state index in [1.54, 1.807) is 43.3 Å². The minimum Gasteiger partial charge on any atom is -0.484 e. The lowest BCUT2D eigenvalue weighted by Crippen LogP contribution is -2.20. The molecule has 2 amide bonds. The Morgan fingerprint density at radius 2 is 1.87 bits per heavy atom. The zero-order valence-corrected chi connectivity index (χ0v) is 16.2. The maximum Gasteiger partial charge on any atom is 0.327 e. The summed E-state index contributed by atoms with van der Waals surface area (Å²) in [4.78, 5) is 27.6. The molecule has 0 fully saturated rings. The summed E-state index contributed by atoms with van der Waals surface area (Å²) < 4.78 is 15.7. The molecule has 2 N–H and O–H groups in total. The molecule has 0 spiro atoms. The van der Waals surface area contributed by atoms with Gasteiger partial charge in [0.15, 0.2) is 6.61 Å². The molecule has 0 aliphatic rings. The van der Waals surface area contributed by atoms with E-state index in [4.69, 9.17) is 13.9 Å². The van der Waals surface area contributed by atoms with Gasteiger partial charge in [0.1, 0.15) is 11.9 Å². The molecule has 0 aliphatic heterocycles. The lowest BCUT2D eigenvalue weighted by molar-refractivity contribution is -0.118. The Morgan fingerprint density at radius 3 is 2.60 bits per heavy atom. The molecule has 0 saturated carbocycles. The number of para-hydroxylation sites is 1. The quantitative estimate of drug-likeness (QED) is 0.416. The van der Waals surface area contributed by atoms with Crippen LogP contribution < -0.4 is 20.2 Å². The minimum absolute atomic E-state index is 0.113. The average Bonchev–Trinajstić information content (AvgIpc) is 3.23. The second-order valence-electron chi connectivity index (χ2n) is 5.89. The number of aromatic nitrogens is 1. The van der Waals surface area contributed by atoms with E-state index in [0.29, 0.717) is 18.0 Å². The summed E-state index contributed by atoms with van der Waals surface area (Å²) in [7, 11) is 0. The number of hydrazone groups is 1. The number of amides is 2. The number of rotatable bonds is 9. The number of anilines is 1. The fourth-order valence-electron chi connectivity index (χ4n) is 2.30. The molecule has 1 aromatic heterocycles. The Kier molecular flexibility index (Phi) is 7.15. The first-order valence-corrected chi connectivity index (χ1v) is 9.14. The number of nitrogens with zero attached hydrogens (tertiary/aromatic N) is 2. The van der Waals surface area contributed by atoms with E-state index in [1.165, 1.54) is 12.4 Å². The summed E-state index contributed by atoms with van der Waals surface area (Å²) >= 11 is 0. The van der Waals surface area contributed by atoms with Crippen molar-refractivity contribution >= 4 is 23.7 Å². The van der Waals surface area contributed by atoms with E-state index in [9.17, 15) is 9.59 Å². The Labute approximate surface area is 172 Å². The molecule has 0 bridgehead atoms. The number of hydrogen-bond donors (Lipinski definition) is 2. The largest absolute Gasteiger partial charge is 0.484 e. The minimum atomic E-state index is -0.596. The van der Waals surface area contributed by atoms with Gasteiger partial charge in [0.05, 0.1) is 12.8 Å². The highest BCUT2D eigenvalue weighted by atomic mass is 16.6. The third-order valence-corrected chi connectivity index (χ3v) is 3.65. The van der Waals surface area contributed by atoms with Crippen molar-refractivity contribution in [1.82, 2.24) is 10.4 Å². The Bertz CT molecular complexity index is 1000. The summed E-state index contributed by atoms with van der Waals surface area (Å²) in [6, 6.07) is 16.0. The number of hydrogen-bond acceptors (Lipinski definition) is 7. The number of carbonyl (C=O) groups excluding carboxylic acids is 2. The molecular formula is C21H20N4O5. The molecule has 154 valence electrons. The summed E-state index contributed by atoms with van der Waals surface area (Å²) in [5.41, 5.74) is 3.74. The number of ether oxygens (including phenoxy) is 2. The van der Waals surface area contributed by atoms with Crippen LogP contribution in [0, 0.1) is 0 Å². The Balaban J connectivity index is 1.44. The number of oxazole rings is 1. The zero-order valence-electron chi connectivity index (χ0n) is 16.2. The maximum atomic E-state index is 11.9. The predicted octanol–water partition coefficient (Wildman–Crippen LogP) is 2.85. The van der Waals surface area contributed by atoms with Crippen molar-refractivity contribution in [3.05, 3.63) is 72.2 Å². The molecule has 0 radical (unpaired) electrons. The van der Waals surface area contributed by atoms with Crippen LogP contribution in [0.1, 0.15) is 23.2 Å². The number of nitrogens with one attached hydrogen (secondary N) is 2. The highest BCUT2D eigenvalue weighted by molar-refractivity contribution is 5.92. The molecule has 3 rings (SSSR count). The van der Waals surface area contributed by atoms with Gasteiger partial charge >= 0.3 is 11.9 Å². The second-order valence-corrected chi connectivity index (χ2v) is 5.89. The van der Waals surface area contributed by atoms with Crippen LogP contribution in [-0.4, -0.2) is 36.2 Å². The third kappa shape index (κ3) is 6.20. The summed E-state index contributed by atoms with van der Waals surface area (Å²) in [6.45, 7) is 2.09. The van der Waals surface area contributed by atoms with Crippen LogP contribution in [-0.2, 0) is 4.79 Å². The summed E-state index contributed by atoms with van der Waals surface area (Å²) in [5.74, 6) is -0.300. The van der Waals surface area contributed by atoms with E-state index in [-0.39, 0.29) is 24.4 Å². The van der Waals surface area contributed by atoms with Gasteiger partial charge in [0.25, 0.3) is 11.8 Å². The lowest BCUT2D eigenvalue weighted by Gasteiger charge is -2.07. The van der Waals surface area contributed by atoms with Gasteiger partial charge in [-0.05, 0) is 48.9 Å². The van der Waals surface area contributed by atoms with Crippen LogP contribution in [0.15, 0.2) is 70.3 Å². The molecule has 2 aromatic carbocycles. The van der Waals surface area contributed by atoms with Crippen molar-refractivity contribution in [1.29, 1.82) is 0 Å². The highest BCUT2D eigenvalue weighted by Crippen LogP contribution is 2.13. The topological polar surface area (TPSA) is 115 Å². The van der Waals surface area contributed by atoms with Gasteiger partial charge < -0.3 is 19.2 Å². The van der Waals surface area contributed by atoms with Gasteiger partial charge in [-0.25, -0.2) is 10.4 Å². The van der Waals surface area contributed by atoms with Crippen LogP contribution in [0.2, 0.25) is 0 Å². The van der Waals surface area contributed by atoms with Crippen LogP contribution in [0.3, 0.4) is 0 Å². The highest BCUT2D eigenvalue weighted by Gasteiger charge is 2.12. The predicted molar refractivity (Wildman–Crippen MR) is 110 cm³/mol. The first-order chi connectivity index (χ1) is 14.6. The van der Waals surface area contributed by atoms with E-state index in [1.807, 2.05) is 18.2 Å². The fraction of sp³-hybridized carbons (Fsp3) is 0.143. The Hall–Kier alpha value is -4.14. The van der Waals surface area contributed by atoms with Crippen molar-refractivity contribution in [3.63, 3.8) is 0 Å². The number of carbonyl (C=O) groups is 2. The van der Waals surface area contributed by atoms with Gasteiger partial charge in [-0.2, -0.15) is 5.10 Å². The first kappa shape index (κ1) is 20.6. The van der Waals surface area contributed by atoms with Gasteiger partial charge in [0.2, 0.25) is 0 Å². The van der Waals surface area contributed by atoms with E-state index < -0.39 is 5.91 Å². The smallest absolute Gasteiger partial charge is 0.327 e. The summed E-state index contributed by atoms with van der Waals surface area (Å²) in [5, 5.41) is 6.59. The second kappa shape index (κ2) is 10.4. The zero-order chi connectivity index (χ0) is 21.2. The molecule has 9 heteroatoms. The maximum absolute atomic E-state index is 11.9. The van der Waals surface area contributed by atoms with Crippen molar-refractivity contribution < 1.29 is 23.5 Å². The van der Waals surface area contributed by atoms with Crippen molar-refractivity contribution in [3.8, 4) is 11.7 Å². The molecule has 0 aliphatic carbocycles. The molecule has 0 atom stereocenters. The van der Waals surface area contributed by atoms with E-state index in [2.05, 4.69) is 20.8 Å². The van der Waals surface area contributed by atoms with Gasteiger partial charge in [-0.15, -0.1) is 0 Å². The van der Waals surface area contributed by atoms with Crippen LogP contribution in [0.25, 0.3) is 0 Å². The average molecular weight is 408 g/mol. The lowest BCUT2D eigenvalue weighted by atomic mass is 10.2. The molecule has 1 heterocycles. The normalized spacial score (nSPS) is 10.6. The van der Waals surface area contributed by atoms with Gasteiger partial charge in [0, 0.05) is 5.69 Å². The van der Waals surface area contributed by atoms with E-state index in [0.717, 1.165) is 5.56 Å². The molecule has 3 aromatic rings. The molecule has 9 nitrogen and oxygen atoms in total. The fourth-order valence-corrected chi connectivity index (χ4v) is 2.30.